The molecule has 5 rings (SSSR count). The van der Waals surface area contributed by atoms with Crippen LogP contribution in [0.4, 0.5) is 0 Å². The van der Waals surface area contributed by atoms with Gasteiger partial charge in [-0.15, -0.1) is 11.3 Å². The smallest absolute Gasteiger partial charge is 0.262 e. The van der Waals surface area contributed by atoms with E-state index >= 15 is 0 Å². The molecule has 0 amide bonds. The van der Waals surface area contributed by atoms with Gasteiger partial charge in [0.1, 0.15) is 10.6 Å². The number of rotatable bonds is 5. The summed E-state index contributed by atoms with van der Waals surface area (Å²) in [5.74, 6) is 1.39. The Bertz CT molecular complexity index is 1340. The topological polar surface area (TPSA) is 70.0 Å². The number of furan rings is 1. The lowest BCUT2D eigenvalue weighted by Crippen LogP contribution is -2.25. The van der Waals surface area contributed by atoms with Crippen molar-refractivity contribution in [3.63, 3.8) is 0 Å². The lowest BCUT2D eigenvalue weighted by molar-refractivity contribution is 0.0970. The van der Waals surface area contributed by atoms with Gasteiger partial charge in [-0.05, 0) is 62.8 Å². The molecular weight excluding hydrogens is 410 g/mol. The molecule has 0 radical (unpaired) electrons. The second-order valence-corrected chi connectivity index (χ2v) is 9.67. The number of hydrogen-bond donors (Lipinski definition) is 0. The predicted molar refractivity (Wildman–Crippen MR) is 121 cm³/mol. The first-order chi connectivity index (χ1) is 14.9. The van der Waals surface area contributed by atoms with Crippen molar-refractivity contribution in [3.8, 4) is 0 Å². The minimum Gasteiger partial charge on any atom is -0.467 e. The summed E-state index contributed by atoms with van der Waals surface area (Å²) in [5, 5.41) is 0.713. The third-order valence-electron chi connectivity index (χ3n) is 6.36. The van der Waals surface area contributed by atoms with E-state index in [4.69, 9.17) is 4.42 Å². The molecule has 0 N–H and O–H groups in total. The highest BCUT2D eigenvalue weighted by molar-refractivity contribution is 7.18. The molecule has 0 aromatic carbocycles. The minimum absolute atomic E-state index is 0.00611. The quantitative estimate of drug-likeness (QED) is 0.432. The van der Waals surface area contributed by atoms with E-state index in [0.29, 0.717) is 23.4 Å². The van der Waals surface area contributed by atoms with Crippen LogP contribution in [0.2, 0.25) is 0 Å². The van der Waals surface area contributed by atoms with Crippen molar-refractivity contribution in [3.05, 3.63) is 74.3 Å². The van der Waals surface area contributed by atoms with Gasteiger partial charge in [0.15, 0.2) is 5.78 Å². The Hall–Kier alpha value is -2.93. The molecule has 1 unspecified atom stereocenters. The molecule has 0 spiro atoms. The summed E-state index contributed by atoms with van der Waals surface area (Å²) in [7, 11) is 0. The first-order valence-electron chi connectivity index (χ1n) is 10.6. The molecule has 0 aliphatic heterocycles. The zero-order valence-electron chi connectivity index (χ0n) is 18.0. The molecule has 7 heteroatoms. The largest absolute Gasteiger partial charge is 0.467 e. The average molecular weight is 436 g/mol. The second kappa shape index (κ2) is 7.64. The number of aryl methyl sites for hydroxylation is 2. The van der Waals surface area contributed by atoms with Gasteiger partial charge in [-0.3, -0.25) is 14.2 Å². The SMILES string of the molecule is Cc1cc(C(=O)Cn2cnc3sc4c(c3c2=O)CCC(C)C4)c(C)n1Cc1ccco1. The van der Waals surface area contributed by atoms with Crippen LogP contribution in [0.1, 0.15) is 51.3 Å². The fraction of sp³-hybridized carbons (Fsp3) is 0.375. The lowest BCUT2D eigenvalue weighted by atomic mass is 9.89. The predicted octanol–water partition coefficient (Wildman–Crippen LogP) is 4.53. The molecule has 6 nitrogen and oxygen atoms in total. The maximum absolute atomic E-state index is 13.2. The number of carbonyl (C=O) groups is 1. The summed E-state index contributed by atoms with van der Waals surface area (Å²) in [5.41, 5.74) is 3.54. The van der Waals surface area contributed by atoms with Crippen LogP contribution in [0.25, 0.3) is 10.2 Å². The molecule has 4 heterocycles. The normalized spacial score (nSPS) is 16.0. The van der Waals surface area contributed by atoms with Crippen LogP contribution < -0.4 is 5.56 Å². The maximum Gasteiger partial charge on any atom is 0.262 e. The van der Waals surface area contributed by atoms with E-state index in [2.05, 4.69) is 16.5 Å². The summed E-state index contributed by atoms with van der Waals surface area (Å²) < 4.78 is 8.98. The first kappa shape index (κ1) is 20.0. The third-order valence-corrected chi connectivity index (χ3v) is 7.53. The van der Waals surface area contributed by atoms with Gasteiger partial charge in [-0.25, -0.2) is 4.98 Å². The number of aromatic nitrogens is 3. The maximum atomic E-state index is 13.2. The summed E-state index contributed by atoms with van der Waals surface area (Å²) in [6.07, 6.45) is 6.19. The van der Waals surface area contributed by atoms with Crippen LogP contribution in [-0.4, -0.2) is 19.9 Å². The number of hydrogen-bond acceptors (Lipinski definition) is 5. The lowest BCUT2D eigenvalue weighted by Gasteiger charge is -2.17. The molecule has 0 saturated heterocycles. The van der Waals surface area contributed by atoms with Gasteiger partial charge in [0.2, 0.25) is 0 Å². The monoisotopic (exact) mass is 435 g/mol. The van der Waals surface area contributed by atoms with Gasteiger partial charge in [-0.1, -0.05) is 6.92 Å². The molecule has 160 valence electrons. The van der Waals surface area contributed by atoms with Crippen LogP contribution in [-0.2, 0) is 25.9 Å². The number of ketones is 1. The van der Waals surface area contributed by atoms with Crippen LogP contribution in [0.15, 0.2) is 40.0 Å². The van der Waals surface area contributed by atoms with Crippen LogP contribution in [0.3, 0.4) is 0 Å². The molecule has 4 aromatic rings. The molecular formula is C24H25N3O3S. The Labute approximate surface area is 184 Å². The fourth-order valence-corrected chi connectivity index (χ4v) is 5.94. The number of fused-ring (bicyclic) bond motifs is 3. The second-order valence-electron chi connectivity index (χ2n) is 8.58. The number of nitrogens with zero attached hydrogens (tertiary/aromatic N) is 3. The average Bonchev–Trinajstić information content (AvgIpc) is 3.44. The molecule has 1 aliphatic rings. The van der Waals surface area contributed by atoms with Crippen molar-refractivity contribution < 1.29 is 9.21 Å². The first-order valence-corrected chi connectivity index (χ1v) is 11.5. The molecule has 0 bridgehead atoms. The molecule has 0 fully saturated rings. The van der Waals surface area contributed by atoms with E-state index in [9.17, 15) is 9.59 Å². The van der Waals surface area contributed by atoms with Crippen molar-refractivity contribution in [1.82, 2.24) is 14.1 Å². The van der Waals surface area contributed by atoms with E-state index in [-0.39, 0.29) is 17.9 Å². The van der Waals surface area contributed by atoms with Gasteiger partial charge in [0.25, 0.3) is 5.56 Å². The Kier molecular flexibility index (Phi) is 4.93. The van der Waals surface area contributed by atoms with Crippen molar-refractivity contribution in [2.24, 2.45) is 5.92 Å². The Balaban J connectivity index is 1.46. The highest BCUT2D eigenvalue weighted by Crippen LogP contribution is 2.35. The standard InChI is InChI=1S/C24H25N3O3S/c1-14-6-7-18-21(9-14)31-23-22(18)24(29)26(13-25-23)12-20(28)19-10-15(2)27(16(19)3)11-17-5-4-8-30-17/h4-5,8,10,13-14H,6-7,9,11-12H2,1-3H3. The minimum atomic E-state index is -0.102. The van der Waals surface area contributed by atoms with Crippen molar-refractivity contribution in [2.75, 3.05) is 0 Å². The molecule has 0 saturated carbocycles. The summed E-state index contributed by atoms with van der Waals surface area (Å²) in [6.45, 7) is 6.73. The molecule has 1 atom stereocenters. The summed E-state index contributed by atoms with van der Waals surface area (Å²) in [4.78, 5) is 33.0. The zero-order chi connectivity index (χ0) is 21.7. The highest BCUT2D eigenvalue weighted by Gasteiger charge is 2.24. The van der Waals surface area contributed by atoms with Gasteiger partial charge in [0, 0.05) is 21.8 Å². The Morgan fingerprint density at radius 2 is 2.19 bits per heavy atom. The van der Waals surface area contributed by atoms with Crippen molar-refractivity contribution in [1.29, 1.82) is 0 Å². The Morgan fingerprint density at radius 3 is 2.97 bits per heavy atom. The molecule has 4 aromatic heterocycles. The Morgan fingerprint density at radius 1 is 1.35 bits per heavy atom. The number of Topliss-reactive ketones (excluding diaryl/α,β-unsaturated/α-hetero) is 1. The van der Waals surface area contributed by atoms with E-state index in [1.54, 1.807) is 17.6 Å². The van der Waals surface area contributed by atoms with Crippen molar-refractivity contribution >= 4 is 27.3 Å². The summed E-state index contributed by atoms with van der Waals surface area (Å²) >= 11 is 1.63. The van der Waals surface area contributed by atoms with E-state index in [1.165, 1.54) is 15.8 Å². The number of thiophene rings is 1. The van der Waals surface area contributed by atoms with Gasteiger partial charge in [0.05, 0.1) is 31.1 Å². The zero-order valence-corrected chi connectivity index (χ0v) is 18.8. The van der Waals surface area contributed by atoms with Crippen LogP contribution in [0, 0.1) is 19.8 Å². The van der Waals surface area contributed by atoms with Gasteiger partial charge < -0.3 is 8.98 Å². The van der Waals surface area contributed by atoms with Crippen molar-refractivity contribution in [2.45, 2.75) is 53.1 Å². The van der Waals surface area contributed by atoms with E-state index < -0.39 is 0 Å². The van der Waals surface area contributed by atoms with Gasteiger partial charge >= 0.3 is 0 Å². The molecule has 31 heavy (non-hydrogen) atoms. The number of carbonyl (C=O) groups excluding carboxylic acids is 1. The van der Waals surface area contributed by atoms with E-state index in [1.807, 2.05) is 32.0 Å². The van der Waals surface area contributed by atoms with Crippen LogP contribution in [0.5, 0.6) is 0 Å². The highest BCUT2D eigenvalue weighted by atomic mass is 32.1. The van der Waals surface area contributed by atoms with E-state index in [0.717, 1.165) is 46.8 Å². The van der Waals surface area contributed by atoms with Gasteiger partial charge in [-0.2, -0.15) is 0 Å². The third kappa shape index (κ3) is 3.47. The fourth-order valence-electron chi connectivity index (χ4n) is 4.60. The summed E-state index contributed by atoms with van der Waals surface area (Å²) in [6, 6.07) is 5.67. The molecule has 1 aliphatic carbocycles. The van der Waals surface area contributed by atoms with Crippen LogP contribution >= 0.6 is 11.3 Å².